The van der Waals surface area contributed by atoms with Crippen molar-refractivity contribution in [2.75, 3.05) is 39.3 Å². The van der Waals surface area contributed by atoms with Crippen LogP contribution >= 0.6 is 0 Å². The monoisotopic (exact) mass is 251 g/mol. The topological polar surface area (TPSA) is 63.7 Å². The lowest BCUT2D eigenvalue weighted by molar-refractivity contribution is -0.145. The van der Waals surface area contributed by atoms with E-state index in [9.17, 15) is 13.2 Å². The molecule has 0 spiro atoms. The summed E-state index contributed by atoms with van der Waals surface area (Å²) in [7, 11) is 0.339. The maximum Gasteiger partial charge on any atom is 0.309 e. The smallest absolute Gasteiger partial charge is 0.309 e. The summed E-state index contributed by atoms with van der Waals surface area (Å²) in [4.78, 5) is 13.1. The van der Waals surface area contributed by atoms with Gasteiger partial charge in [0.1, 0.15) is 9.84 Å². The fraction of sp³-hybridized carbons (Fsp3) is 0.900. The van der Waals surface area contributed by atoms with Crippen molar-refractivity contribution in [1.82, 2.24) is 4.90 Å². The average molecular weight is 251 g/mol. The van der Waals surface area contributed by atoms with Gasteiger partial charge in [-0.3, -0.25) is 4.79 Å². The van der Waals surface area contributed by atoms with E-state index in [0.717, 1.165) is 0 Å². The van der Waals surface area contributed by atoms with Gasteiger partial charge >= 0.3 is 5.97 Å². The minimum absolute atomic E-state index is 0.184. The van der Waals surface area contributed by atoms with Crippen LogP contribution < -0.4 is 0 Å². The lowest BCUT2D eigenvalue weighted by Gasteiger charge is -2.19. The van der Waals surface area contributed by atoms with E-state index < -0.39 is 9.84 Å². The Morgan fingerprint density at radius 3 is 2.44 bits per heavy atom. The van der Waals surface area contributed by atoms with Crippen LogP contribution in [0.25, 0.3) is 0 Å². The number of hydrogen-bond donors (Lipinski definition) is 0. The molecular weight excluding hydrogens is 230 g/mol. The van der Waals surface area contributed by atoms with Crippen molar-refractivity contribution in [3.05, 3.63) is 0 Å². The number of carbonyl (C=O) groups is 1. The third-order valence-electron chi connectivity index (χ3n) is 2.24. The van der Waals surface area contributed by atoms with Crippen LogP contribution in [0.2, 0.25) is 0 Å². The van der Waals surface area contributed by atoms with Crippen LogP contribution in [0.1, 0.15) is 13.3 Å². The van der Waals surface area contributed by atoms with Crippen molar-refractivity contribution in [2.45, 2.75) is 13.3 Å². The van der Waals surface area contributed by atoms with Gasteiger partial charge in [-0.1, -0.05) is 6.92 Å². The molecule has 0 radical (unpaired) electrons. The Morgan fingerprint density at radius 1 is 1.44 bits per heavy atom. The molecule has 0 N–H and O–H groups in total. The second-order valence-corrected chi connectivity index (χ2v) is 6.43. The number of sulfone groups is 1. The summed E-state index contributed by atoms with van der Waals surface area (Å²) in [5.41, 5.74) is 0. The summed E-state index contributed by atoms with van der Waals surface area (Å²) in [5, 5.41) is 0. The number of ether oxygens (including phenoxy) is 1. The first-order valence-electron chi connectivity index (χ1n) is 5.20. The lowest BCUT2D eigenvalue weighted by Crippen LogP contribution is -2.30. The van der Waals surface area contributed by atoms with E-state index in [1.54, 1.807) is 6.92 Å². The summed E-state index contributed by atoms with van der Waals surface area (Å²) in [6.45, 7) is 3.03. The highest BCUT2D eigenvalue weighted by Crippen LogP contribution is 2.01. The molecule has 0 rings (SSSR count). The highest BCUT2D eigenvalue weighted by Gasteiger charge is 2.15. The molecule has 0 saturated heterocycles. The predicted molar refractivity (Wildman–Crippen MR) is 63.0 cm³/mol. The Bertz CT molecular complexity index is 313. The van der Waals surface area contributed by atoms with Gasteiger partial charge in [-0.25, -0.2) is 8.42 Å². The summed E-state index contributed by atoms with van der Waals surface area (Å²) >= 11 is 0. The fourth-order valence-corrected chi connectivity index (χ4v) is 2.08. The number of nitrogens with zero attached hydrogens (tertiary/aromatic N) is 1. The van der Waals surface area contributed by atoms with E-state index in [1.165, 1.54) is 13.4 Å². The van der Waals surface area contributed by atoms with Gasteiger partial charge in [-0.05, 0) is 20.0 Å². The second-order valence-electron chi connectivity index (χ2n) is 4.17. The molecular formula is C10H21NO4S. The third kappa shape index (κ3) is 7.64. The number of methoxy groups -OCH3 is 1. The average Bonchev–Trinajstić information content (AvgIpc) is 2.14. The molecule has 1 unspecified atom stereocenters. The van der Waals surface area contributed by atoms with Crippen LogP contribution in [-0.2, 0) is 19.4 Å². The summed E-state index contributed by atoms with van der Waals surface area (Å²) in [5.74, 6) is -0.243. The molecule has 16 heavy (non-hydrogen) atoms. The van der Waals surface area contributed by atoms with Gasteiger partial charge in [0.15, 0.2) is 0 Å². The molecule has 96 valence electrons. The van der Waals surface area contributed by atoms with Gasteiger partial charge < -0.3 is 9.64 Å². The van der Waals surface area contributed by atoms with Crippen molar-refractivity contribution in [2.24, 2.45) is 5.92 Å². The Labute approximate surface area is 97.7 Å². The largest absolute Gasteiger partial charge is 0.469 e. The van der Waals surface area contributed by atoms with Crippen molar-refractivity contribution < 1.29 is 17.9 Å². The van der Waals surface area contributed by atoms with Gasteiger partial charge in [0.05, 0.1) is 18.8 Å². The predicted octanol–water partition coefficient (Wildman–Crippen LogP) is 0.162. The summed E-state index contributed by atoms with van der Waals surface area (Å²) < 4.78 is 26.4. The van der Waals surface area contributed by atoms with Crippen LogP contribution in [0.5, 0.6) is 0 Å². The third-order valence-corrected chi connectivity index (χ3v) is 3.27. The van der Waals surface area contributed by atoms with Gasteiger partial charge in [0.2, 0.25) is 0 Å². The van der Waals surface area contributed by atoms with Gasteiger partial charge in [0, 0.05) is 12.8 Å². The Morgan fingerprint density at radius 2 is 2.00 bits per heavy atom. The van der Waals surface area contributed by atoms with Crippen molar-refractivity contribution >= 4 is 15.8 Å². The Balaban J connectivity index is 3.82. The minimum Gasteiger partial charge on any atom is -0.469 e. The van der Waals surface area contributed by atoms with Crippen LogP contribution in [0.3, 0.4) is 0 Å². The van der Waals surface area contributed by atoms with Crippen molar-refractivity contribution in [3.8, 4) is 0 Å². The zero-order valence-corrected chi connectivity index (χ0v) is 11.2. The molecule has 0 aliphatic heterocycles. The highest BCUT2D eigenvalue weighted by molar-refractivity contribution is 7.90. The molecule has 0 aromatic rings. The quantitative estimate of drug-likeness (QED) is 0.603. The van der Waals surface area contributed by atoms with Gasteiger partial charge in [-0.2, -0.15) is 0 Å². The van der Waals surface area contributed by atoms with E-state index >= 15 is 0 Å². The van der Waals surface area contributed by atoms with Crippen LogP contribution in [0.4, 0.5) is 0 Å². The number of rotatable bonds is 7. The molecule has 0 saturated carbocycles. The first kappa shape index (κ1) is 15.4. The summed E-state index contributed by atoms with van der Waals surface area (Å²) in [6, 6.07) is 0. The molecule has 0 aromatic heterocycles. The van der Waals surface area contributed by atoms with Crippen LogP contribution in [-0.4, -0.2) is 58.5 Å². The second kappa shape index (κ2) is 6.85. The van der Waals surface area contributed by atoms with E-state index in [0.29, 0.717) is 19.5 Å². The molecule has 6 heteroatoms. The molecule has 0 amide bonds. The molecule has 0 aromatic carbocycles. The molecule has 5 nitrogen and oxygen atoms in total. The van der Waals surface area contributed by atoms with Crippen LogP contribution in [0, 0.1) is 5.92 Å². The molecule has 0 bridgehead atoms. The van der Waals surface area contributed by atoms with Crippen LogP contribution in [0.15, 0.2) is 0 Å². The Hall–Kier alpha value is -0.620. The van der Waals surface area contributed by atoms with E-state index in [4.69, 9.17) is 0 Å². The zero-order chi connectivity index (χ0) is 12.8. The summed E-state index contributed by atoms with van der Waals surface area (Å²) in [6.07, 6.45) is 1.81. The number of carbonyl (C=O) groups excluding carboxylic acids is 1. The maximum absolute atomic E-state index is 11.1. The number of hydrogen-bond acceptors (Lipinski definition) is 5. The minimum atomic E-state index is -2.89. The maximum atomic E-state index is 11.1. The van der Waals surface area contributed by atoms with E-state index in [2.05, 4.69) is 4.74 Å². The first-order valence-corrected chi connectivity index (χ1v) is 7.26. The molecule has 0 heterocycles. The van der Waals surface area contributed by atoms with E-state index in [1.807, 2.05) is 11.9 Å². The SMILES string of the molecule is COC(=O)C(C)CN(C)CCCS(C)(=O)=O. The van der Waals surface area contributed by atoms with Crippen molar-refractivity contribution in [3.63, 3.8) is 0 Å². The van der Waals surface area contributed by atoms with E-state index in [-0.39, 0.29) is 17.6 Å². The van der Waals surface area contributed by atoms with Gasteiger partial charge in [-0.15, -0.1) is 0 Å². The number of esters is 1. The molecule has 1 atom stereocenters. The molecule has 0 fully saturated rings. The zero-order valence-electron chi connectivity index (χ0n) is 10.4. The van der Waals surface area contributed by atoms with Crippen molar-refractivity contribution in [1.29, 1.82) is 0 Å². The normalized spacial score (nSPS) is 13.8. The Kier molecular flexibility index (Phi) is 6.59. The molecule has 0 aliphatic rings. The lowest BCUT2D eigenvalue weighted by atomic mass is 10.2. The fourth-order valence-electron chi connectivity index (χ4n) is 1.43. The first-order chi connectivity index (χ1) is 7.26. The highest BCUT2D eigenvalue weighted by atomic mass is 32.2. The standard InChI is InChI=1S/C10H21NO4S/c1-9(10(12)15-3)8-11(2)6-5-7-16(4,13)14/h9H,5-8H2,1-4H3. The molecule has 0 aliphatic carbocycles. The van der Waals surface area contributed by atoms with Gasteiger partial charge in [0.25, 0.3) is 0 Å².